The van der Waals surface area contributed by atoms with E-state index in [1.807, 2.05) is 10.8 Å². The first-order chi connectivity index (χ1) is 12.3. The predicted molar refractivity (Wildman–Crippen MR) is 99.5 cm³/mol. The van der Waals surface area contributed by atoms with Crippen LogP contribution in [0.3, 0.4) is 0 Å². The molecule has 1 saturated heterocycles. The number of carbonyl (C=O) groups is 1. The minimum atomic E-state index is 0.135. The molecule has 0 spiro atoms. The van der Waals surface area contributed by atoms with Crippen LogP contribution in [0.4, 0.5) is 0 Å². The third-order valence-corrected chi connectivity index (χ3v) is 4.85. The highest BCUT2D eigenvalue weighted by Crippen LogP contribution is 2.19. The van der Waals surface area contributed by atoms with Crippen LogP contribution in [0.1, 0.15) is 38.2 Å². The molecule has 1 aromatic heterocycles. The van der Waals surface area contributed by atoms with Gasteiger partial charge in [-0.15, -0.1) is 0 Å². The molecular weight excluding hydrogens is 312 g/mol. The van der Waals surface area contributed by atoms with Crippen LogP contribution in [0.25, 0.3) is 5.69 Å². The van der Waals surface area contributed by atoms with Crippen molar-refractivity contribution in [3.8, 4) is 5.69 Å². The topological polar surface area (TPSA) is 50.2 Å². The lowest BCUT2D eigenvalue weighted by atomic mass is 9.96. The normalized spacial score (nSPS) is 18.2. The molecule has 1 N–H and O–H groups in total. The molecule has 0 saturated carbocycles. The summed E-state index contributed by atoms with van der Waals surface area (Å²) < 4.78 is 2.00. The van der Waals surface area contributed by atoms with Crippen molar-refractivity contribution in [1.29, 1.82) is 0 Å². The number of nitrogens with zero attached hydrogens (tertiary/aromatic N) is 3. The van der Waals surface area contributed by atoms with Gasteiger partial charge in [-0.1, -0.05) is 25.5 Å². The Morgan fingerprint density at radius 2 is 2.16 bits per heavy atom. The van der Waals surface area contributed by atoms with Crippen molar-refractivity contribution in [2.45, 2.75) is 39.2 Å². The number of rotatable bonds is 7. The molecule has 5 nitrogen and oxygen atoms in total. The largest absolute Gasteiger partial charge is 0.356 e. The summed E-state index contributed by atoms with van der Waals surface area (Å²) in [5, 5.41) is 3.09. The van der Waals surface area contributed by atoms with Gasteiger partial charge < -0.3 is 9.88 Å². The number of carbonyl (C=O) groups excluding carboxylic acids is 1. The second kappa shape index (κ2) is 8.81. The van der Waals surface area contributed by atoms with E-state index in [0.29, 0.717) is 0 Å². The summed E-state index contributed by atoms with van der Waals surface area (Å²) in [4.78, 5) is 18.8. The first-order valence-electron chi connectivity index (χ1n) is 9.33. The van der Waals surface area contributed by atoms with Crippen molar-refractivity contribution in [1.82, 2.24) is 19.8 Å². The molecule has 1 aromatic carbocycles. The number of hydrogen-bond acceptors (Lipinski definition) is 3. The Labute approximate surface area is 150 Å². The zero-order valence-electron chi connectivity index (χ0n) is 15.0. The Hall–Kier alpha value is -2.14. The first-order valence-corrected chi connectivity index (χ1v) is 9.33. The third-order valence-electron chi connectivity index (χ3n) is 4.85. The van der Waals surface area contributed by atoms with Crippen molar-refractivity contribution >= 4 is 5.91 Å². The quantitative estimate of drug-likeness (QED) is 0.788. The van der Waals surface area contributed by atoms with E-state index in [4.69, 9.17) is 0 Å². The van der Waals surface area contributed by atoms with Gasteiger partial charge in [-0.05, 0) is 43.5 Å². The van der Waals surface area contributed by atoms with Crippen molar-refractivity contribution in [2.24, 2.45) is 5.92 Å². The second-order valence-corrected chi connectivity index (χ2v) is 6.86. The standard InChI is InChI=1S/C20H28N4O/c1-2-3-10-22-20(25)18-5-4-12-23(15-18)14-17-6-8-19(9-7-17)24-13-11-21-16-24/h6-9,11,13,16,18H,2-5,10,12,14-15H2,1H3,(H,22,25). The number of nitrogens with one attached hydrogen (secondary N) is 1. The predicted octanol–water partition coefficient (Wildman–Crippen LogP) is 3.00. The number of amides is 1. The number of piperidine rings is 1. The third kappa shape index (κ3) is 4.92. The molecule has 1 aliphatic rings. The van der Waals surface area contributed by atoms with E-state index in [9.17, 15) is 4.79 Å². The van der Waals surface area contributed by atoms with Crippen molar-refractivity contribution in [3.63, 3.8) is 0 Å². The molecule has 25 heavy (non-hydrogen) atoms. The van der Waals surface area contributed by atoms with E-state index in [1.54, 1.807) is 12.5 Å². The van der Waals surface area contributed by atoms with Crippen LogP contribution in [0.5, 0.6) is 0 Å². The van der Waals surface area contributed by atoms with E-state index >= 15 is 0 Å². The van der Waals surface area contributed by atoms with Crippen molar-refractivity contribution < 1.29 is 4.79 Å². The molecule has 0 radical (unpaired) electrons. The molecule has 5 heteroatoms. The van der Waals surface area contributed by atoms with Gasteiger partial charge in [0.1, 0.15) is 0 Å². The number of imidazole rings is 1. The summed E-state index contributed by atoms with van der Waals surface area (Å²) in [5.41, 5.74) is 2.41. The van der Waals surface area contributed by atoms with Crippen molar-refractivity contribution in [2.75, 3.05) is 19.6 Å². The van der Waals surface area contributed by atoms with Gasteiger partial charge in [-0.3, -0.25) is 9.69 Å². The lowest BCUT2D eigenvalue weighted by Gasteiger charge is -2.32. The summed E-state index contributed by atoms with van der Waals surface area (Å²) in [5.74, 6) is 0.365. The molecule has 0 bridgehead atoms. The summed E-state index contributed by atoms with van der Waals surface area (Å²) in [6, 6.07) is 8.58. The molecule has 1 fully saturated rings. The first kappa shape index (κ1) is 17.7. The SMILES string of the molecule is CCCCNC(=O)C1CCCN(Cc2ccc(-n3ccnc3)cc2)C1. The average Bonchev–Trinajstić information content (AvgIpc) is 3.17. The van der Waals surface area contributed by atoms with Gasteiger partial charge in [0.25, 0.3) is 0 Å². The Kier molecular flexibility index (Phi) is 6.23. The van der Waals surface area contributed by atoms with E-state index in [0.717, 1.165) is 57.5 Å². The lowest BCUT2D eigenvalue weighted by Crippen LogP contribution is -2.42. The number of aromatic nitrogens is 2. The van der Waals surface area contributed by atoms with Crippen LogP contribution >= 0.6 is 0 Å². The van der Waals surface area contributed by atoms with Crippen LogP contribution in [0, 0.1) is 5.92 Å². The van der Waals surface area contributed by atoms with Crippen LogP contribution in [0.15, 0.2) is 43.0 Å². The highest BCUT2D eigenvalue weighted by atomic mass is 16.1. The van der Waals surface area contributed by atoms with E-state index in [-0.39, 0.29) is 11.8 Å². The fourth-order valence-electron chi connectivity index (χ4n) is 3.39. The van der Waals surface area contributed by atoms with Gasteiger partial charge in [-0.2, -0.15) is 0 Å². The summed E-state index contributed by atoms with van der Waals surface area (Å²) in [7, 11) is 0. The molecule has 2 heterocycles. The van der Waals surface area contributed by atoms with E-state index in [1.165, 1.54) is 5.56 Å². The van der Waals surface area contributed by atoms with Crippen molar-refractivity contribution in [3.05, 3.63) is 48.5 Å². The maximum atomic E-state index is 12.3. The van der Waals surface area contributed by atoms with E-state index in [2.05, 4.69) is 46.4 Å². The summed E-state index contributed by atoms with van der Waals surface area (Å²) in [6.45, 7) is 5.79. The maximum absolute atomic E-state index is 12.3. The van der Waals surface area contributed by atoms with Crippen LogP contribution in [-0.2, 0) is 11.3 Å². The Morgan fingerprint density at radius 3 is 2.88 bits per heavy atom. The monoisotopic (exact) mass is 340 g/mol. The van der Waals surface area contributed by atoms with Gasteiger partial charge in [0.05, 0.1) is 12.2 Å². The zero-order valence-corrected chi connectivity index (χ0v) is 15.0. The van der Waals surface area contributed by atoms with E-state index < -0.39 is 0 Å². The Bertz CT molecular complexity index is 651. The molecule has 1 atom stereocenters. The number of hydrogen-bond donors (Lipinski definition) is 1. The highest BCUT2D eigenvalue weighted by Gasteiger charge is 2.25. The highest BCUT2D eigenvalue weighted by molar-refractivity contribution is 5.78. The van der Waals surface area contributed by atoms with Gasteiger partial charge in [-0.25, -0.2) is 4.98 Å². The second-order valence-electron chi connectivity index (χ2n) is 6.86. The molecule has 1 unspecified atom stereocenters. The summed E-state index contributed by atoms with van der Waals surface area (Å²) in [6.07, 6.45) is 9.82. The Morgan fingerprint density at radius 1 is 1.32 bits per heavy atom. The Balaban J connectivity index is 1.53. The van der Waals surface area contributed by atoms with Crippen LogP contribution < -0.4 is 5.32 Å². The lowest BCUT2D eigenvalue weighted by molar-refractivity contribution is -0.126. The van der Waals surface area contributed by atoms with Crippen LogP contribution in [0.2, 0.25) is 0 Å². The minimum absolute atomic E-state index is 0.135. The van der Waals surface area contributed by atoms with Gasteiger partial charge in [0.2, 0.25) is 5.91 Å². The molecular formula is C20H28N4O. The van der Waals surface area contributed by atoms with Crippen LogP contribution in [-0.4, -0.2) is 40.0 Å². The van der Waals surface area contributed by atoms with Gasteiger partial charge in [0, 0.05) is 37.7 Å². The molecule has 134 valence electrons. The van der Waals surface area contributed by atoms with Gasteiger partial charge in [0.15, 0.2) is 0 Å². The van der Waals surface area contributed by atoms with Gasteiger partial charge >= 0.3 is 0 Å². The smallest absolute Gasteiger partial charge is 0.224 e. The zero-order chi connectivity index (χ0) is 17.5. The summed E-state index contributed by atoms with van der Waals surface area (Å²) >= 11 is 0. The number of benzene rings is 1. The fraction of sp³-hybridized carbons (Fsp3) is 0.500. The fourth-order valence-corrected chi connectivity index (χ4v) is 3.39. The molecule has 1 aliphatic heterocycles. The number of likely N-dealkylation sites (tertiary alicyclic amines) is 1. The average molecular weight is 340 g/mol. The molecule has 1 amide bonds. The minimum Gasteiger partial charge on any atom is -0.356 e. The molecule has 0 aliphatic carbocycles. The molecule has 3 rings (SSSR count). The number of unbranched alkanes of at least 4 members (excludes halogenated alkanes) is 1. The maximum Gasteiger partial charge on any atom is 0.224 e. The molecule has 2 aromatic rings.